The Morgan fingerprint density at radius 3 is 2.50 bits per heavy atom. The lowest BCUT2D eigenvalue weighted by atomic mass is 10.2. The van der Waals surface area contributed by atoms with Crippen molar-refractivity contribution in [2.75, 3.05) is 19.2 Å². The second kappa shape index (κ2) is 7.97. The zero-order chi connectivity index (χ0) is 18.5. The van der Waals surface area contributed by atoms with E-state index in [0.29, 0.717) is 15.6 Å². The second-order valence-corrected chi connectivity index (χ2v) is 5.52. The minimum atomic E-state index is 0.0372. The molecular formula is C13H11Cl2N7O4. The Morgan fingerprint density at radius 1 is 1.04 bits per heavy atom. The predicted octanol–water partition coefficient (Wildman–Crippen LogP) is 3.48. The molecule has 136 valence electrons. The summed E-state index contributed by atoms with van der Waals surface area (Å²) in [6.45, 7) is 0.164. The van der Waals surface area contributed by atoms with E-state index in [4.69, 9.17) is 37.3 Å². The van der Waals surface area contributed by atoms with Crippen molar-refractivity contribution < 1.29 is 18.7 Å². The van der Waals surface area contributed by atoms with Crippen LogP contribution in [-0.2, 0) is 6.54 Å². The average Bonchev–Trinajstić information content (AvgIpc) is 3.28. The highest BCUT2D eigenvalue weighted by Crippen LogP contribution is 2.30. The summed E-state index contributed by atoms with van der Waals surface area (Å²) in [6.07, 6.45) is 0. The molecule has 2 heterocycles. The van der Waals surface area contributed by atoms with Gasteiger partial charge in [0, 0.05) is 10.0 Å². The molecule has 3 aromatic rings. The van der Waals surface area contributed by atoms with Gasteiger partial charge in [-0.25, -0.2) is 14.3 Å². The first kappa shape index (κ1) is 17.9. The fourth-order valence-electron chi connectivity index (χ4n) is 1.88. The first-order chi connectivity index (χ1) is 12.6. The van der Waals surface area contributed by atoms with Crippen LogP contribution in [0.5, 0.6) is 11.8 Å². The van der Waals surface area contributed by atoms with Gasteiger partial charge in [0.25, 0.3) is 11.6 Å². The van der Waals surface area contributed by atoms with Gasteiger partial charge in [0.2, 0.25) is 0 Å². The van der Waals surface area contributed by atoms with E-state index in [9.17, 15) is 0 Å². The van der Waals surface area contributed by atoms with E-state index in [1.807, 2.05) is 0 Å². The summed E-state index contributed by atoms with van der Waals surface area (Å²) in [4.78, 5) is 0. The summed E-state index contributed by atoms with van der Waals surface area (Å²) >= 11 is 12.2. The smallest absolute Gasteiger partial charge is 0.304 e. The number of methoxy groups -OCH3 is 2. The van der Waals surface area contributed by atoms with Gasteiger partial charge in [0.05, 0.1) is 20.8 Å². The Labute approximate surface area is 156 Å². The molecule has 2 aromatic heterocycles. The fraction of sp³-hybridized carbons (Fsp3) is 0.231. The largest absolute Gasteiger partial charge is 0.476 e. The van der Waals surface area contributed by atoms with Crippen molar-refractivity contribution in [3.05, 3.63) is 33.8 Å². The second-order valence-electron chi connectivity index (χ2n) is 4.68. The van der Waals surface area contributed by atoms with E-state index in [1.165, 1.54) is 19.2 Å². The molecule has 0 N–H and O–H groups in total. The van der Waals surface area contributed by atoms with Crippen LogP contribution in [0.4, 0.5) is 11.6 Å². The number of hydrogen-bond acceptors (Lipinski definition) is 10. The molecule has 3 rings (SSSR count). The molecule has 0 radical (unpaired) electrons. The number of halogens is 2. The maximum Gasteiger partial charge on any atom is 0.304 e. The van der Waals surface area contributed by atoms with Gasteiger partial charge in [-0.15, -0.1) is 5.11 Å². The van der Waals surface area contributed by atoms with Gasteiger partial charge in [0.15, 0.2) is 0 Å². The summed E-state index contributed by atoms with van der Waals surface area (Å²) in [5.41, 5.74) is 0.699. The molecule has 0 spiro atoms. The van der Waals surface area contributed by atoms with Gasteiger partial charge in [0.1, 0.15) is 0 Å². The highest BCUT2D eigenvalue weighted by Gasteiger charge is 2.21. The lowest BCUT2D eigenvalue weighted by Crippen LogP contribution is -2.16. The van der Waals surface area contributed by atoms with Crippen LogP contribution in [-0.4, -0.2) is 34.8 Å². The highest BCUT2D eigenvalue weighted by molar-refractivity contribution is 6.35. The normalized spacial score (nSPS) is 11.1. The summed E-state index contributed by atoms with van der Waals surface area (Å²) in [6, 6.07) is 5.04. The summed E-state index contributed by atoms with van der Waals surface area (Å²) in [5.74, 6) is 0.399. The Bertz CT molecular complexity index is 914. The monoisotopic (exact) mass is 399 g/mol. The Balaban J connectivity index is 1.94. The number of ether oxygens (including phenoxy) is 2. The van der Waals surface area contributed by atoms with Crippen molar-refractivity contribution in [2.45, 2.75) is 6.54 Å². The van der Waals surface area contributed by atoms with Crippen LogP contribution < -0.4 is 14.5 Å². The maximum atomic E-state index is 6.22. The SMILES string of the molecule is COc1nonc1N=NN(Cc1ccc(Cl)cc1Cl)c1nonc1OC. The van der Waals surface area contributed by atoms with Crippen molar-refractivity contribution in [2.24, 2.45) is 10.3 Å². The Hall–Kier alpha value is -2.92. The van der Waals surface area contributed by atoms with Crippen molar-refractivity contribution in [3.8, 4) is 11.8 Å². The molecule has 0 saturated heterocycles. The first-order valence-corrected chi connectivity index (χ1v) is 7.74. The third-order valence-corrected chi connectivity index (χ3v) is 3.69. The third kappa shape index (κ3) is 3.83. The molecule has 11 nitrogen and oxygen atoms in total. The number of anilines is 1. The molecular weight excluding hydrogens is 389 g/mol. The van der Waals surface area contributed by atoms with E-state index in [2.05, 4.69) is 35.6 Å². The standard InChI is InChI=1S/C13H11Cl2N7O4/c1-23-12-10(17-25-19-12)16-21-22(11-13(24-2)20-26-18-11)6-7-3-4-8(14)5-9(7)15/h3-5H,6H2,1-2H3. The van der Waals surface area contributed by atoms with Gasteiger partial charge in [-0.2, -0.15) is 0 Å². The Kier molecular flexibility index (Phi) is 5.49. The van der Waals surface area contributed by atoms with E-state index >= 15 is 0 Å². The summed E-state index contributed by atoms with van der Waals surface area (Å²) < 4.78 is 19.3. The van der Waals surface area contributed by atoms with E-state index in [-0.39, 0.29) is 29.9 Å². The van der Waals surface area contributed by atoms with Crippen molar-refractivity contribution in [1.82, 2.24) is 20.6 Å². The molecule has 0 bridgehead atoms. The summed E-state index contributed by atoms with van der Waals surface area (Å²) in [7, 11) is 2.81. The number of rotatable bonds is 7. The molecule has 0 unspecified atom stereocenters. The first-order valence-electron chi connectivity index (χ1n) is 6.98. The lowest BCUT2D eigenvalue weighted by molar-refractivity contribution is 0.281. The summed E-state index contributed by atoms with van der Waals surface area (Å²) in [5, 5.41) is 24.8. The van der Waals surface area contributed by atoms with E-state index in [1.54, 1.807) is 18.2 Å². The third-order valence-electron chi connectivity index (χ3n) is 3.10. The molecule has 0 aliphatic carbocycles. The molecule has 13 heteroatoms. The molecule has 0 atom stereocenters. The van der Waals surface area contributed by atoms with Gasteiger partial charge in [-0.05, 0) is 38.3 Å². The minimum absolute atomic E-state index is 0.0372. The van der Waals surface area contributed by atoms with Crippen LogP contribution in [0.15, 0.2) is 37.8 Å². The number of hydrogen-bond donors (Lipinski definition) is 0. The quantitative estimate of drug-likeness (QED) is 0.433. The van der Waals surface area contributed by atoms with Gasteiger partial charge < -0.3 is 9.47 Å². The van der Waals surface area contributed by atoms with E-state index in [0.717, 1.165) is 0 Å². The minimum Gasteiger partial charge on any atom is -0.476 e. The van der Waals surface area contributed by atoms with E-state index < -0.39 is 0 Å². The number of benzene rings is 1. The number of aromatic nitrogens is 4. The van der Waals surface area contributed by atoms with Crippen LogP contribution >= 0.6 is 23.2 Å². The van der Waals surface area contributed by atoms with Crippen LogP contribution in [0.25, 0.3) is 0 Å². The zero-order valence-corrected chi connectivity index (χ0v) is 15.0. The molecule has 0 fully saturated rings. The fourth-order valence-corrected chi connectivity index (χ4v) is 2.35. The van der Waals surface area contributed by atoms with Crippen molar-refractivity contribution in [3.63, 3.8) is 0 Å². The topological polar surface area (TPSA) is 124 Å². The van der Waals surface area contributed by atoms with Gasteiger partial charge in [-0.3, -0.25) is 0 Å². The molecule has 0 amide bonds. The zero-order valence-electron chi connectivity index (χ0n) is 13.5. The lowest BCUT2D eigenvalue weighted by Gasteiger charge is -2.15. The van der Waals surface area contributed by atoms with Crippen LogP contribution in [0, 0.1) is 0 Å². The van der Waals surface area contributed by atoms with Crippen LogP contribution in [0.3, 0.4) is 0 Å². The van der Waals surface area contributed by atoms with Gasteiger partial charge >= 0.3 is 11.8 Å². The van der Waals surface area contributed by atoms with Crippen LogP contribution in [0.1, 0.15) is 5.56 Å². The Morgan fingerprint density at radius 2 is 1.77 bits per heavy atom. The molecule has 1 aromatic carbocycles. The predicted molar refractivity (Wildman–Crippen MR) is 88.9 cm³/mol. The van der Waals surface area contributed by atoms with Crippen LogP contribution in [0.2, 0.25) is 10.0 Å². The molecule has 0 aliphatic rings. The molecule has 0 aliphatic heterocycles. The van der Waals surface area contributed by atoms with Crippen molar-refractivity contribution >= 4 is 34.8 Å². The highest BCUT2D eigenvalue weighted by atomic mass is 35.5. The average molecular weight is 400 g/mol. The van der Waals surface area contributed by atoms with Crippen molar-refractivity contribution in [1.29, 1.82) is 0 Å². The maximum absolute atomic E-state index is 6.22. The van der Waals surface area contributed by atoms with Gasteiger partial charge in [-0.1, -0.05) is 34.5 Å². The molecule has 26 heavy (non-hydrogen) atoms. The molecule has 0 saturated carbocycles. The number of nitrogens with zero attached hydrogens (tertiary/aromatic N) is 7.